The predicted molar refractivity (Wildman–Crippen MR) is 68.7 cm³/mol. The minimum absolute atomic E-state index is 0.813. The molecular formula is C13H20OSi. The van der Waals surface area contributed by atoms with Gasteiger partial charge in [0.1, 0.15) is 5.60 Å². The van der Waals surface area contributed by atoms with Crippen LogP contribution in [0.2, 0.25) is 25.7 Å². The Morgan fingerprint density at radius 2 is 1.80 bits per heavy atom. The van der Waals surface area contributed by atoms with E-state index in [-0.39, 0.29) is 0 Å². The Bertz CT molecular complexity index is 326. The van der Waals surface area contributed by atoms with Crippen molar-refractivity contribution in [2.75, 3.05) is 0 Å². The topological polar surface area (TPSA) is 20.2 Å². The SMILES string of the molecule is C=C[C@@](O)(C[Si](C)(C)C)c1ccccc1. The molecule has 0 saturated carbocycles. The molecule has 82 valence electrons. The van der Waals surface area contributed by atoms with Crippen LogP contribution in [0, 0.1) is 0 Å². The number of rotatable bonds is 4. The van der Waals surface area contributed by atoms with Crippen molar-refractivity contribution in [2.45, 2.75) is 31.3 Å². The van der Waals surface area contributed by atoms with Crippen LogP contribution in [0.1, 0.15) is 5.56 Å². The van der Waals surface area contributed by atoms with Crippen LogP contribution in [-0.2, 0) is 5.60 Å². The van der Waals surface area contributed by atoms with Crippen molar-refractivity contribution in [1.82, 2.24) is 0 Å². The van der Waals surface area contributed by atoms with Gasteiger partial charge in [0, 0.05) is 8.07 Å². The van der Waals surface area contributed by atoms with Gasteiger partial charge in [-0.3, -0.25) is 0 Å². The molecule has 1 rings (SSSR count). The van der Waals surface area contributed by atoms with Gasteiger partial charge in [-0.15, -0.1) is 0 Å². The van der Waals surface area contributed by atoms with Crippen LogP contribution in [-0.4, -0.2) is 13.2 Å². The second-order valence-electron chi connectivity index (χ2n) is 5.23. The molecule has 0 saturated heterocycles. The first-order valence-corrected chi connectivity index (χ1v) is 9.00. The molecule has 1 aromatic rings. The monoisotopic (exact) mass is 220 g/mol. The minimum atomic E-state index is -1.32. The first-order chi connectivity index (χ1) is 6.87. The second-order valence-corrected chi connectivity index (χ2v) is 10.7. The van der Waals surface area contributed by atoms with Crippen LogP contribution >= 0.6 is 0 Å². The zero-order valence-corrected chi connectivity index (χ0v) is 10.8. The maximum atomic E-state index is 10.5. The van der Waals surface area contributed by atoms with Gasteiger partial charge in [-0.05, 0) is 11.6 Å². The van der Waals surface area contributed by atoms with E-state index in [4.69, 9.17) is 0 Å². The Kier molecular flexibility index (Phi) is 3.53. The van der Waals surface area contributed by atoms with Crippen molar-refractivity contribution < 1.29 is 5.11 Å². The molecule has 1 atom stereocenters. The highest BCUT2D eigenvalue weighted by atomic mass is 28.3. The van der Waals surface area contributed by atoms with E-state index in [1.54, 1.807) is 6.08 Å². The molecule has 0 bridgehead atoms. The van der Waals surface area contributed by atoms with E-state index < -0.39 is 13.7 Å². The molecule has 0 heterocycles. The third-order valence-corrected chi connectivity index (χ3v) is 4.01. The second kappa shape index (κ2) is 4.33. The Morgan fingerprint density at radius 3 is 2.20 bits per heavy atom. The van der Waals surface area contributed by atoms with Crippen molar-refractivity contribution in [3.8, 4) is 0 Å². The van der Waals surface area contributed by atoms with Gasteiger partial charge >= 0.3 is 0 Å². The average molecular weight is 220 g/mol. The van der Waals surface area contributed by atoms with E-state index in [1.165, 1.54) is 0 Å². The molecule has 0 aliphatic heterocycles. The minimum Gasteiger partial charge on any atom is -0.381 e. The lowest BCUT2D eigenvalue weighted by Gasteiger charge is -2.31. The molecule has 1 aromatic carbocycles. The van der Waals surface area contributed by atoms with E-state index in [2.05, 4.69) is 26.2 Å². The fourth-order valence-electron chi connectivity index (χ4n) is 1.83. The van der Waals surface area contributed by atoms with Gasteiger partial charge in [-0.1, -0.05) is 62.6 Å². The zero-order chi connectivity index (χ0) is 11.5. The van der Waals surface area contributed by atoms with Gasteiger partial charge in [0.05, 0.1) is 0 Å². The highest BCUT2D eigenvalue weighted by molar-refractivity contribution is 6.76. The van der Waals surface area contributed by atoms with Gasteiger partial charge in [-0.2, -0.15) is 0 Å². The third-order valence-electron chi connectivity index (χ3n) is 2.41. The van der Waals surface area contributed by atoms with E-state index in [1.807, 2.05) is 30.3 Å². The fraction of sp³-hybridized carbons (Fsp3) is 0.385. The van der Waals surface area contributed by atoms with Crippen molar-refractivity contribution in [2.24, 2.45) is 0 Å². The molecule has 0 aliphatic carbocycles. The van der Waals surface area contributed by atoms with E-state index in [0.29, 0.717) is 0 Å². The summed E-state index contributed by atoms with van der Waals surface area (Å²) < 4.78 is 0. The summed E-state index contributed by atoms with van der Waals surface area (Å²) in [5.41, 5.74) is 0.0913. The number of benzene rings is 1. The summed E-state index contributed by atoms with van der Waals surface area (Å²) in [7, 11) is -1.32. The summed E-state index contributed by atoms with van der Waals surface area (Å²) in [6.07, 6.45) is 1.67. The Morgan fingerprint density at radius 1 is 1.27 bits per heavy atom. The van der Waals surface area contributed by atoms with Crippen LogP contribution in [0.5, 0.6) is 0 Å². The normalized spacial score (nSPS) is 15.7. The Hall–Kier alpha value is -0.863. The quantitative estimate of drug-likeness (QED) is 0.609. The summed E-state index contributed by atoms with van der Waals surface area (Å²) in [6.45, 7) is 10.5. The molecule has 1 nitrogen and oxygen atoms in total. The zero-order valence-electron chi connectivity index (χ0n) is 9.83. The molecule has 0 fully saturated rings. The molecule has 0 radical (unpaired) electrons. The molecule has 2 heteroatoms. The molecule has 0 unspecified atom stereocenters. The maximum absolute atomic E-state index is 10.5. The Labute approximate surface area is 93.5 Å². The Balaban J connectivity index is 3.01. The van der Waals surface area contributed by atoms with E-state index in [9.17, 15) is 5.11 Å². The standard InChI is InChI=1S/C13H20OSi/c1-5-13(14,11-15(2,3)4)12-9-7-6-8-10-12/h5-10,14H,1,11H2,2-4H3/t13-/m1/s1. The number of aliphatic hydroxyl groups is 1. The van der Waals surface area contributed by atoms with Crippen LogP contribution in [0.3, 0.4) is 0 Å². The number of hydrogen-bond donors (Lipinski definition) is 1. The maximum Gasteiger partial charge on any atom is 0.105 e. The van der Waals surface area contributed by atoms with E-state index in [0.717, 1.165) is 11.6 Å². The fourth-order valence-corrected chi connectivity index (χ4v) is 3.79. The molecule has 0 spiro atoms. The van der Waals surface area contributed by atoms with Crippen molar-refractivity contribution >= 4 is 8.07 Å². The summed E-state index contributed by atoms with van der Waals surface area (Å²) in [5.74, 6) is 0. The highest BCUT2D eigenvalue weighted by Crippen LogP contribution is 2.31. The molecule has 0 amide bonds. The van der Waals surface area contributed by atoms with Gasteiger partial charge in [0.2, 0.25) is 0 Å². The van der Waals surface area contributed by atoms with Crippen LogP contribution < -0.4 is 0 Å². The van der Waals surface area contributed by atoms with E-state index >= 15 is 0 Å². The molecule has 0 aliphatic rings. The first kappa shape index (κ1) is 12.2. The summed E-state index contributed by atoms with van der Waals surface area (Å²) in [4.78, 5) is 0. The van der Waals surface area contributed by atoms with Crippen molar-refractivity contribution in [3.63, 3.8) is 0 Å². The van der Waals surface area contributed by atoms with Gasteiger partial charge in [0.25, 0.3) is 0 Å². The van der Waals surface area contributed by atoms with Crippen molar-refractivity contribution in [3.05, 3.63) is 48.6 Å². The van der Waals surface area contributed by atoms with Crippen molar-refractivity contribution in [1.29, 1.82) is 0 Å². The molecule has 1 N–H and O–H groups in total. The molecule has 0 aromatic heterocycles. The lowest BCUT2D eigenvalue weighted by atomic mass is 9.96. The van der Waals surface area contributed by atoms with Crippen LogP contribution in [0.25, 0.3) is 0 Å². The van der Waals surface area contributed by atoms with Crippen LogP contribution in [0.15, 0.2) is 43.0 Å². The average Bonchev–Trinajstić information content (AvgIpc) is 2.16. The first-order valence-electron chi connectivity index (χ1n) is 5.29. The lowest BCUT2D eigenvalue weighted by Crippen LogP contribution is -2.34. The summed E-state index contributed by atoms with van der Waals surface area (Å²) in [6, 6.07) is 10.6. The smallest absolute Gasteiger partial charge is 0.105 e. The lowest BCUT2D eigenvalue weighted by molar-refractivity contribution is 0.110. The highest BCUT2D eigenvalue weighted by Gasteiger charge is 2.31. The summed E-state index contributed by atoms with van der Waals surface area (Å²) >= 11 is 0. The third kappa shape index (κ3) is 3.32. The molecular weight excluding hydrogens is 200 g/mol. The summed E-state index contributed by atoms with van der Waals surface area (Å²) in [5, 5.41) is 10.5. The van der Waals surface area contributed by atoms with Gasteiger partial charge in [-0.25, -0.2) is 0 Å². The predicted octanol–water partition coefficient (Wildman–Crippen LogP) is 3.40. The van der Waals surface area contributed by atoms with Crippen LogP contribution in [0.4, 0.5) is 0 Å². The van der Waals surface area contributed by atoms with Gasteiger partial charge in [0.15, 0.2) is 0 Å². The number of hydrogen-bond acceptors (Lipinski definition) is 1. The molecule has 15 heavy (non-hydrogen) atoms. The van der Waals surface area contributed by atoms with Gasteiger partial charge < -0.3 is 5.11 Å². The largest absolute Gasteiger partial charge is 0.381 e.